The van der Waals surface area contributed by atoms with Gasteiger partial charge in [0, 0.05) is 0 Å². The second-order valence-corrected chi connectivity index (χ2v) is 5.71. The van der Waals surface area contributed by atoms with E-state index in [-0.39, 0.29) is 5.41 Å². The number of hydrogen-bond donors (Lipinski definition) is 2. The van der Waals surface area contributed by atoms with Crippen molar-refractivity contribution in [1.82, 2.24) is 0 Å². The number of rotatable bonds is 3. The summed E-state index contributed by atoms with van der Waals surface area (Å²) in [7, 11) is 0. The molecule has 0 amide bonds. The van der Waals surface area contributed by atoms with Crippen LogP contribution in [0.15, 0.2) is 0 Å². The Kier molecular flexibility index (Phi) is 1.91. The molecule has 3 saturated carbocycles. The van der Waals surface area contributed by atoms with Gasteiger partial charge in [0.1, 0.15) is 0 Å². The highest BCUT2D eigenvalue weighted by Crippen LogP contribution is 2.71. The Bertz CT molecular complexity index is 286. The van der Waals surface area contributed by atoms with Gasteiger partial charge < -0.3 is 10.8 Å². The average molecular weight is 209 g/mol. The second-order valence-electron chi connectivity index (χ2n) is 5.71. The molecule has 3 heteroatoms. The minimum atomic E-state index is -0.658. The van der Waals surface area contributed by atoms with E-state index in [9.17, 15) is 4.79 Å². The lowest BCUT2D eigenvalue weighted by atomic mass is 9.47. The Balaban J connectivity index is 1.88. The summed E-state index contributed by atoms with van der Waals surface area (Å²) in [5, 5.41) is 9.04. The van der Waals surface area contributed by atoms with E-state index in [2.05, 4.69) is 0 Å². The van der Waals surface area contributed by atoms with Gasteiger partial charge in [-0.15, -0.1) is 0 Å². The first kappa shape index (κ1) is 9.64. The maximum Gasteiger partial charge on any atom is 0.303 e. The van der Waals surface area contributed by atoms with Crippen LogP contribution in [0.2, 0.25) is 0 Å². The van der Waals surface area contributed by atoms with Crippen LogP contribution in [0.3, 0.4) is 0 Å². The predicted molar refractivity (Wildman–Crippen MR) is 56.2 cm³/mol. The zero-order valence-electron chi connectivity index (χ0n) is 8.98. The molecule has 0 radical (unpaired) electrons. The summed E-state index contributed by atoms with van der Waals surface area (Å²) < 4.78 is 0. The highest BCUT2D eigenvalue weighted by molar-refractivity contribution is 5.68. The molecule has 3 aliphatic carbocycles. The van der Waals surface area contributed by atoms with E-state index >= 15 is 0 Å². The number of carboxylic acid groups (broad SMARTS) is 1. The monoisotopic (exact) mass is 209 g/mol. The molecular weight excluding hydrogens is 190 g/mol. The van der Waals surface area contributed by atoms with E-state index in [0.29, 0.717) is 24.8 Å². The van der Waals surface area contributed by atoms with Crippen molar-refractivity contribution in [2.24, 2.45) is 34.8 Å². The van der Waals surface area contributed by atoms with Crippen LogP contribution in [0, 0.1) is 29.1 Å². The van der Waals surface area contributed by atoms with Crippen LogP contribution in [0.25, 0.3) is 0 Å². The molecule has 0 aromatic rings. The van der Waals surface area contributed by atoms with Gasteiger partial charge in [0.15, 0.2) is 0 Å². The molecule has 0 heterocycles. The number of aliphatic carboxylic acids is 1. The van der Waals surface area contributed by atoms with Crippen molar-refractivity contribution in [2.45, 2.75) is 32.1 Å². The molecule has 3 nitrogen and oxygen atoms in total. The van der Waals surface area contributed by atoms with Crippen molar-refractivity contribution in [1.29, 1.82) is 0 Å². The Hall–Kier alpha value is -0.570. The van der Waals surface area contributed by atoms with Gasteiger partial charge in [-0.2, -0.15) is 0 Å². The molecule has 0 aromatic heterocycles. The Labute approximate surface area is 90.0 Å². The Morgan fingerprint density at radius 2 is 1.87 bits per heavy atom. The first-order chi connectivity index (χ1) is 7.19. The normalized spacial score (nSPS) is 51.3. The van der Waals surface area contributed by atoms with Crippen LogP contribution in [0.4, 0.5) is 0 Å². The van der Waals surface area contributed by atoms with E-state index in [0.717, 1.165) is 11.8 Å². The molecule has 0 aliphatic heterocycles. The average Bonchev–Trinajstić information content (AvgIpc) is 2.67. The maximum atomic E-state index is 11.0. The fourth-order valence-electron chi connectivity index (χ4n) is 5.06. The zero-order valence-corrected chi connectivity index (χ0v) is 8.98. The smallest absolute Gasteiger partial charge is 0.303 e. The summed E-state index contributed by atoms with van der Waals surface area (Å²) in [6.45, 7) is 0.581. The highest BCUT2D eigenvalue weighted by atomic mass is 16.4. The lowest BCUT2D eigenvalue weighted by Gasteiger charge is -2.57. The van der Waals surface area contributed by atoms with E-state index < -0.39 is 5.97 Å². The summed E-state index contributed by atoms with van der Waals surface area (Å²) in [6, 6.07) is 0. The van der Waals surface area contributed by atoms with Crippen LogP contribution in [0.1, 0.15) is 32.1 Å². The fraction of sp³-hybridized carbons (Fsp3) is 0.917. The Morgan fingerprint density at radius 3 is 2.33 bits per heavy atom. The first-order valence-corrected chi connectivity index (χ1v) is 6.11. The third kappa shape index (κ3) is 1.02. The summed E-state index contributed by atoms with van der Waals surface area (Å²) in [4.78, 5) is 11.0. The fourth-order valence-corrected chi connectivity index (χ4v) is 5.06. The van der Waals surface area contributed by atoms with Gasteiger partial charge in [0.25, 0.3) is 0 Å². The molecule has 5 atom stereocenters. The maximum absolute atomic E-state index is 11.0. The summed E-state index contributed by atoms with van der Waals surface area (Å²) in [6.07, 6.45) is 5.43. The molecule has 3 rings (SSSR count). The molecule has 3 aliphatic rings. The summed E-state index contributed by atoms with van der Waals surface area (Å²) in [5.74, 6) is 2.36. The van der Waals surface area contributed by atoms with Crippen LogP contribution in [-0.2, 0) is 4.79 Å². The number of carbonyl (C=O) groups is 1. The quantitative estimate of drug-likeness (QED) is 0.740. The van der Waals surface area contributed by atoms with Crippen LogP contribution in [-0.4, -0.2) is 17.6 Å². The third-order valence-corrected chi connectivity index (χ3v) is 5.51. The molecule has 84 valence electrons. The van der Waals surface area contributed by atoms with Crippen molar-refractivity contribution in [3.05, 3.63) is 0 Å². The van der Waals surface area contributed by atoms with E-state index in [4.69, 9.17) is 10.8 Å². The van der Waals surface area contributed by atoms with Crippen molar-refractivity contribution in [2.75, 3.05) is 6.54 Å². The van der Waals surface area contributed by atoms with E-state index in [1.807, 2.05) is 0 Å². The van der Waals surface area contributed by atoms with Crippen LogP contribution >= 0.6 is 0 Å². The summed E-state index contributed by atoms with van der Waals surface area (Å²) >= 11 is 0. The first-order valence-electron chi connectivity index (χ1n) is 6.11. The zero-order chi connectivity index (χ0) is 10.6. The largest absolute Gasteiger partial charge is 0.481 e. The highest BCUT2D eigenvalue weighted by Gasteiger charge is 2.67. The van der Waals surface area contributed by atoms with Gasteiger partial charge >= 0.3 is 5.97 Å². The molecular formula is C12H19NO2. The van der Waals surface area contributed by atoms with Gasteiger partial charge in [-0.05, 0) is 61.3 Å². The van der Waals surface area contributed by atoms with Crippen molar-refractivity contribution < 1.29 is 9.90 Å². The molecule has 0 saturated heterocycles. The van der Waals surface area contributed by atoms with Gasteiger partial charge in [-0.1, -0.05) is 0 Å². The van der Waals surface area contributed by atoms with Gasteiger partial charge in [0.2, 0.25) is 0 Å². The van der Waals surface area contributed by atoms with Gasteiger partial charge in [0.05, 0.1) is 6.42 Å². The third-order valence-electron chi connectivity index (χ3n) is 5.51. The molecule has 0 aromatic carbocycles. The molecule has 0 bridgehead atoms. The lowest BCUT2D eigenvalue weighted by molar-refractivity contribution is -0.153. The summed E-state index contributed by atoms with van der Waals surface area (Å²) in [5.41, 5.74) is 5.87. The standard InChI is InChI=1S/C12H19NO2/c13-6-12(5-10(14)15)8-3-1-7-2-4-9(12)11(7)8/h7-9,11H,1-6,13H2,(H,14,15)/t7?,8-,9?,11?,12+/m0/s1. The van der Waals surface area contributed by atoms with Crippen LogP contribution in [0.5, 0.6) is 0 Å². The molecule has 3 N–H and O–H groups in total. The predicted octanol–water partition coefficient (Wildman–Crippen LogP) is 1.47. The molecule has 3 fully saturated rings. The topological polar surface area (TPSA) is 63.3 Å². The molecule has 3 unspecified atom stereocenters. The molecule has 0 spiro atoms. The minimum Gasteiger partial charge on any atom is -0.481 e. The van der Waals surface area contributed by atoms with Gasteiger partial charge in [-0.3, -0.25) is 4.79 Å². The number of nitrogens with two attached hydrogens (primary N) is 1. The van der Waals surface area contributed by atoms with Crippen molar-refractivity contribution in [3.8, 4) is 0 Å². The van der Waals surface area contributed by atoms with Crippen LogP contribution < -0.4 is 5.73 Å². The lowest BCUT2D eigenvalue weighted by Crippen LogP contribution is -2.58. The van der Waals surface area contributed by atoms with Crippen molar-refractivity contribution in [3.63, 3.8) is 0 Å². The Morgan fingerprint density at radius 1 is 1.27 bits per heavy atom. The van der Waals surface area contributed by atoms with Crippen molar-refractivity contribution >= 4 is 5.97 Å². The van der Waals surface area contributed by atoms with E-state index in [1.165, 1.54) is 25.7 Å². The van der Waals surface area contributed by atoms with Gasteiger partial charge in [-0.25, -0.2) is 0 Å². The van der Waals surface area contributed by atoms with E-state index in [1.54, 1.807) is 0 Å². The second kappa shape index (κ2) is 2.97. The molecule has 15 heavy (non-hydrogen) atoms. The minimum absolute atomic E-state index is 0.0260. The number of carboxylic acids is 1. The number of hydrogen-bond acceptors (Lipinski definition) is 2. The SMILES string of the molecule is NC[C@@]1(CC(=O)O)C2CCC3CC[C@H]1C32.